The fourth-order valence-electron chi connectivity index (χ4n) is 2.38. The highest BCUT2D eigenvalue weighted by Crippen LogP contribution is 2.24. The fourth-order valence-corrected chi connectivity index (χ4v) is 2.38. The molecule has 1 N–H and O–H groups in total. The fraction of sp³-hybridized carbons (Fsp3) is 0.533. The number of benzene rings is 1. The molecule has 2 rings (SSSR count). The lowest BCUT2D eigenvalue weighted by molar-refractivity contribution is 0.0746. The normalized spacial score (nSPS) is 24.3. The summed E-state index contributed by atoms with van der Waals surface area (Å²) in [6.07, 6.45) is 6.12. The molecule has 1 aromatic carbocycles. The Morgan fingerprint density at radius 1 is 1.28 bits per heavy atom. The Hall–Kier alpha value is -1.35. The Bertz CT molecular complexity index is 386. The molecule has 0 unspecified atom stereocenters. The van der Waals surface area contributed by atoms with Crippen molar-refractivity contribution >= 4 is 6.21 Å². The molecule has 0 radical (unpaired) electrons. The van der Waals surface area contributed by atoms with Crippen LogP contribution in [0.15, 0.2) is 29.3 Å². The van der Waals surface area contributed by atoms with Crippen LogP contribution in [0, 0.1) is 5.92 Å². The molecule has 0 saturated heterocycles. The Morgan fingerprint density at radius 2 is 2.00 bits per heavy atom. The third-order valence-corrected chi connectivity index (χ3v) is 3.57. The Balaban J connectivity index is 1.86. The van der Waals surface area contributed by atoms with E-state index in [4.69, 9.17) is 4.74 Å². The maximum absolute atomic E-state index is 9.84. The summed E-state index contributed by atoms with van der Waals surface area (Å²) in [7, 11) is 1.66. The standard InChI is InChI=1S/C15H21NO2/c1-18-14-8-6-12(7-9-14)10-16-11-13-4-2-3-5-15(13)17/h6-10,13,15,17H,2-5,11H2,1H3/t13-,15+/m1/s1. The first kappa shape index (κ1) is 13.1. The number of hydrogen-bond donors (Lipinski definition) is 1. The van der Waals surface area contributed by atoms with Gasteiger partial charge in [0, 0.05) is 18.7 Å². The van der Waals surface area contributed by atoms with Crippen LogP contribution in [-0.4, -0.2) is 31.1 Å². The zero-order valence-electron chi connectivity index (χ0n) is 10.9. The average molecular weight is 247 g/mol. The molecule has 2 atom stereocenters. The molecule has 0 spiro atoms. The Kier molecular flexibility index (Phi) is 4.76. The molecule has 98 valence electrons. The van der Waals surface area contributed by atoms with Crippen molar-refractivity contribution in [3.05, 3.63) is 29.8 Å². The third kappa shape index (κ3) is 3.57. The molecule has 1 saturated carbocycles. The smallest absolute Gasteiger partial charge is 0.118 e. The SMILES string of the molecule is COc1ccc(C=NC[C@H]2CCCC[C@@H]2O)cc1. The molecule has 1 aromatic rings. The van der Waals surface area contributed by atoms with Gasteiger partial charge in [-0.15, -0.1) is 0 Å². The average Bonchev–Trinajstić information content (AvgIpc) is 2.42. The largest absolute Gasteiger partial charge is 0.497 e. The van der Waals surface area contributed by atoms with Crippen molar-refractivity contribution in [1.82, 2.24) is 0 Å². The first-order valence-electron chi connectivity index (χ1n) is 6.61. The van der Waals surface area contributed by atoms with Crippen molar-refractivity contribution in [3.8, 4) is 5.75 Å². The summed E-state index contributed by atoms with van der Waals surface area (Å²) in [4.78, 5) is 4.45. The summed E-state index contributed by atoms with van der Waals surface area (Å²) in [5.41, 5.74) is 1.07. The van der Waals surface area contributed by atoms with Gasteiger partial charge in [0.15, 0.2) is 0 Å². The zero-order valence-corrected chi connectivity index (χ0v) is 10.9. The third-order valence-electron chi connectivity index (χ3n) is 3.57. The van der Waals surface area contributed by atoms with Crippen molar-refractivity contribution in [2.45, 2.75) is 31.8 Å². The number of ether oxygens (including phenoxy) is 1. The van der Waals surface area contributed by atoms with Crippen LogP contribution >= 0.6 is 0 Å². The topological polar surface area (TPSA) is 41.8 Å². The van der Waals surface area contributed by atoms with Crippen molar-refractivity contribution in [2.75, 3.05) is 13.7 Å². The highest BCUT2D eigenvalue weighted by atomic mass is 16.5. The van der Waals surface area contributed by atoms with Crippen LogP contribution in [0.2, 0.25) is 0 Å². The van der Waals surface area contributed by atoms with E-state index in [1.165, 1.54) is 6.42 Å². The molecule has 0 heterocycles. The molecule has 1 aliphatic rings. The van der Waals surface area contributed by atoms with Crippen molar-refractivity contribution in [2.24, 2.45) is 10.9 Å². The first-order valence-corrected chi connectivity index (χ1v) is 6.61. The van der Waals surface area contributed by atoms with Crippen molar-refractivity contribution in [3.63, 3.8) is 0 Å². The first-order chi connectivity index (χ1) is 8.79. The second kappa shape index (κ2) is 6.55. The van der Waals surface area contributed by atoms with E-state index in [0.29, 0.717) is 5.92 Å². The molecule has 0 amide bonds. The number of aliphatic hydroxyl groups is 1. The van der Waals surface area contributed by atoms with E-state index in [1.54, 1.807) is 7.11 Å². The van der Waals surface area contributed by atoms with Gasteiger partial charge in [-0.25, -0.2) is 0 Å². The molecule has 1 fully saturated rings. The minimum absolute atomic E-state index is 0.160. The maximum Gasteiger partial charge on any atom is 0.118 e. The van der Waals surface area contributed by atoms with Gasteiger partial charge in [-0.1, -0.05) is 12.8 Å². The van der Waals surface area contributed by atoms with E-state index < -0.39 is 0 Å². The summed E-state index contributed by atoms with van der Waals surface area (Å²) in [5, 5.41) is 9.84. The number of hydrogen-bond acceptors (Lipinski definition) is 3. The minimum Gasteiger partial charge on any atom is -0.497 e. The van der Waals surface area contributed by atoms with Gasteiger partial charge < -0.3 is 9.84 Å². The molecule has 18 heavy (non-hydrogen) atoms. The summed E-state index contributed by atoms with van der Waals surface area (Å²) in [5.74, 6) is 1.20. The van der Waals surface area contributed by atoms with Crippen LogP contribution in [-0.2, 0) is 0 Å². The maximum atomic E-state index is 9.84. The molecule has 3 heteroatoms. The monoisotopic (exact) mass is 247 g/mol. The van der Waals surface area contributed by atoms with Crippen molar-refractivity contribution < 1.29 is 9.84 Å². The number of aliphatic hydroxyl groups excluding tert-OH is 1. The highest BCUT2D eigenvalue weighted by Gasteiger charge is 2.21. The Labute approximate surface area is 109 Å². The van der Waals surface area contributed by atoms with Gasteiger partial charge in [0.1, 0.15) is 5.75 Å². The van der Waals surface area contributed by atoms with Gasteiger partial charge in [-0.3, -0.25) is 4.99 Å². The van der Waals surface area contributed by atoms with Crippen LogP contribution < -0.4 is 4.74 Å². The van der Waals surface area contributed by atoms with Crippen LogP contribution in [0.3, 0.4) is 0 Å². The molecular weight excluding hydrogens is 226 g/mol. The van der Waals surface area contributed by atoms with Gasteiger partial charge in [-0.05, 0) is 42.7 Å². The number of nitrogens with zero attached hydrogens (tertiary/aromatic N) is 1. The molecule has 0 bridgehead atoms. The van der Waals surface area contributed by atoms with Gasteiger partial charge >= 0.3 is 0 Å². The second-order valence-corrected chi connectivity index (χ2v) is 4.88. The highest BCUT2D eigenvalue weighted by molar-refractivity contribution is 5.79. The predicted octanol–water partition coefficient (Wildman–Crippen LogP) is 2.67. The molecular formula is C15H21NO2. The number of methoxy groups -OCH3 is 1. The van der Waals surface area contributed by atoms with Gasteiger partial charge in [0.05, 0.1) is 13.2 Å². The van der Waals surface area contributed by atoms with E-state index in [-0.39, 0.29) is 6.10 Å². The number of aliphatic imine (C=N–C) groups is 1. The lowest BCUT2D eigenvalue weighted by atomic mass is 9.87. The van der Waals surface area contributed by atoms with E-state index >= 15 is 0 Å². The van der Waals surface area contributed by atoms with Crippen LogP contribution in [0.1, 0.15) is 31.2 Å². The molecule has 1 aliphatic carbocycles. The van der Waals surface area contributed by atoms with E-state index in [1.807, 2.05) is 30.5 Å². The quantitative estimate of drug-likeness (QED) is 0.831. The van der Waals surface area contributed by atoms with E-state index in [9.17, 15) is 5.11 Å². The van der Waals surface area contributed by atoms with E-state index in [2.05, 4.69) is 4.99 Å². The summed E-state index contributed by atoms with van der Waals surface area (Å²) in [6, 6.07) is 7.83. The van der Waals surface area contributed by atoms with Crippen LogP contribution in [0.4, 0.5) is 0 Å². The lowest BCUT2D eigenvalue weighted by Crippen LogP contribution is -2.26. The zero-order chi connectivity index (χ0) is 12.8. The minimum atomic E-state index is -0.160. The van der Waals surface area contributed by atoms with E-state index in [0.717, 1.165) is 37.1 Å². The van der Waals surface area contributed by atoms with Gasteiger partial charge in [-0.2, -0.15) is 0 Å². The van der Waals surface area contributed by atoms with Crippen LogP contribution in [0.25, 0.3) is 0 Å². The van der Waals surface area contributed by atoms with Crippen LogP contribution in [0.5, 0.6) is 5.75 Å². The van der Waals surface area contributed by atoms with Gasteiger partial charge in [0.25, 0.3) is 0 Å². The second-order valence-electron chi connectivity index (χ2n) is 4.88. The summed E-state index contributed by atoms with van der Waals surface area (Å²) >= 11 is 0. The molecule has 0 aromatic heterocycles. The molecule has 3 nitrogen and oxygen atoms in total. The Morgan fingerprint density at radius 3 is 2.67 bits per heavy atom. The molecule has 0 aliphatic heterocycles. The summed E-state index contributed by atoms with van der Waals surface area (Å²) < 4.78 is 5.11. The predicted molar refractivity (Wildman–Crippen MR) is 73.4 cm³/mol. The van der Waals surface area contributed by atoms with Gasteiger partial charge in [0.2, 0.25) is 0 Å². The lowest BCUT2D eigenvalue weighted by Gasteiger charge is -2.25. The number of rotatable bonds is 4. The van der Waals surface area contributed by atoms with Crippen molar-refractivity contribution in [1.29, 1.82) is 0 Å². The summed E-state index contributed by atoms with van der Waals surface area (Å²) in [6.45, 7) is 0.729.